The second kappa shape index (κ2) is 10.4. The van der Waals surface area contributed by atoms with Crippen molar-refractivity contribution in [3.8, 4) is 5.95 Å². The molecule has 0 radical (unpaired) electrons. The van der Waals surface area contributed by atoms with Crippen molar-refractivity contribution in [2.24, 2.45) is 10.7 Å². The molecule has 4 N–H and O–H groups in total. The zero-order valence-electron chi connectivity index (χ0n) is 21.6. The largest absolute Gasteiger partial charge is 0.396 e. The monoisotopic (exact) mass is 539 g/mol. The van der Waals surface area contributed by atoms with Gasteiger partial charge in [-0.3, -0.25) is 9.88 Å². The SMILES string of the molecule is CN1CCC(NC2(c3nc(N4CCOCC4)nc(-n4c(C(F)F)nc5ccccc54)n3)N=CC(N)=CN2)CC1. The number of imidazole rings is 1. The number of anilines is 1. The highest BCUT2D eigenvalue weighted by Crippen LogP contribution is 2.30. The lowest BCUT2D eigenvalue weighted by molar-refractivity contribution is 0.121. The van der Waals surface area contributed by atoms with Crippen LogP contribution in [0, 0.1) is 0 Å². The minimum absolute atomic E-state index is 0.0366. The first-order chi connectivity index (χ1) is 18.9. The number of para-hydroxylation sites is 2. The van der Waals surface area contributed by atoms with Crippen LogP contribution in [-0.2, 0) is 10.5 Å². The first-order valence-electron chi connectivity index (χ1n) is 13.0. The molecule has 3 aromatic rings. The van der Waals surface area contributed by atoms with Crippen LogP contribution in [0.3, 0.4) is 0 Å². The van der Waals surface area contributed by atoms with Gasteiger partial charge < -0.3 is 25.6 Å². The highest BCUT2D eigenvalue weighted by Gasteiger charge is 2.40. The standard InChI is InChI=1S/C25H31F2N11O/c1-36-8-6-17(7-9-36)35-25(29-14-16(28)15-30-25)22-32-23(37-10-12-39-13-11-37)34-24(33-22)38-19-5-3-2-4-18(19)31-21(38)20(26)27/h2-5,14-15,17,20,29,35H,6-13,28H2,1H3. The maximum atomic E-state index is 14.3. The number of hydrogen-bond acceptors (Lipinski definition) is 11. The van der Waals surface area contributed by atoms with Crippen LogP contribution in [-0.4, -0.2) is 88.1 Å². The summed E-state index contributed by atoms with van der Waals surface area (Å²) in [5.74, 6) is -1.09. The highest BCUT2D eigenvalue weighted by molar-refractivity contribution is 5.79. The Bertz CT molecular complexity index is 1400. The molecule has 2 fully saturated rings. The number of rotatable bonds is 6. The number of piperidine rings is 1. The molecule has 2 aromatic heterocycles. The number of nitrogens with two attached hydrogens (primary N) is 1. The summed E-state index contributed by atoms with van der Waals surface area (Å²) >= 11 is 0. The van der Waals surface area contributed by atoms with E-state index in [2.05, 4.69) is 32.5 Å². The third kappa shape index (κ3) is 5.02. The molecule has 1 atom stereocenters. The number of fused-ring (bicyclic) bond motifs is 1. The summed E-state index contributed by atoms with van der Waals surface area (Å²) in [5, 5.41) is 6.86. The third-order valence-corrected chi connectivity index (χ3v) is 7.20. The molecule has 2 saturated heterocycles. The van der Waals surface area contributed by atoms with Crippen LogP contribution in [0.15, 0.2) is 41.2 Å². The molecule has 1 unspecified atom stereocenters. The van der Waals surface area contributed by atoms with E-state index in [9.17, 15) is 8.78 Å². The average molecular weight is 540 g/mol. The Morgan fingerprint density at radius 3 is 2.51 bits per heavy atom. The van der Waals surface area contributed by atoms with Crippen molar-refractivity contribution in [3.63, 3.8) is 0 Å². The molecular weight excluding hydrogens is 508 g/mol. The van der Waals surface area contributed by atoms with E-state index in [1.807, 2.05) is 4.90 Å². The average Bonchev–Trinajstić information content (AvgIpc) is 3.36. The molecule has 12 nitrogen and oxygen atoms in total. The van der Waals surface area contributed by atoms with Crippen LogP contribution < -0.4 is 21.3 Å². The molecule has 6 rings (SSSR count). The molecule has 3 aliphatic heterocycles. The maximum absolute atomic E-state index is 14.3. The second-order valence-corrected chi connectivity index (χ2v) is 9.93. The van der Waals surface area contributed by atoms with Crippen molar-refractivity contribution in [1.82, 2.24) is 40.0 Å². The number of allylic oxidation sites excluding steroid dienone is 1. The lowest BCUT2D eigenvalue weighted by atomic mass is 10.0. The lowest BCUT2D eigenvalue weighted by Crippen LogP contribution is -2.58. The van der Waals surface area contributed by atoms with E-state index in [4.69, 9.17) is 25.4 Å². The molecule has 14 heteroatoms. The van der Waals surface area contributed by atoms with Gasteiger partial charge in [0.1, 0.15) is 0 Å². The van der Waals surface area contributed by atoms with Gasteiger partial charge >= 0.3 is 0 Å². The number of morpholine rings is 1. The molecule has 1 aromatic carbocycles. The van der Waals surface area contributed by atoms with Gasteiger partial charge in [0.2, 0.25) is 17.7 Å². The van der Waals surface area contributed by atoms with Crippen LogP contribution in [0.5, 0.6) is 0 Å². The number of nitrogens with zero attached hydrogens (tertiary/aromatic N) is 8. The molecule has 0 aliphatic carbocycles. The summed E-state index contributed by atoms with van der Waals surface area (Å²) in [7, 11) is 2.09. The van der Waals surface area contributed by atoms with Gasteiger partial charge in [0.05, 0.1) is 36.2 Å². The van der Waals surface area contributed by atoms with Crippen LogP contribution in [0.1, 0.15) is 30.9 Å². The van der Waals surface area contributed by atoms with Gasteiger partial charge in [0, 0.05) is 25.3 Å². The van der Waals surface area contributed by atoms with Gasteiger partial charge in [-0.1, -0.05) is 12.1 Å². The van der Waals surface area contributed by atoms with Gasteiger partial charge in [-0.15, -0.1) is 0 Å². The number of alkyl halides is 2. The Morgan fingerprint density at radius 2 is 1.79 bits per heavy atom. The predicted octanol–water partition coefficient (Wildman–Crippen LogP) is 1.25. The highest BCUT2D eigenvalue weighted by atomic mass is 19.3. The number of nitrogens with one attached hydrogen (secondary N) is 2. The van der Waals surface area contributed by atoms with Crippen molar-refractivity contribution < 1.29 is 13.5 Å². The lowest BCUT2D eigenvalue weighted by Gasteiger charge is -2.38. The molecule has 0 bridgehead atoms. The molecule has 39 heavy (non-hydrogen) atoms. The van der Waals surface area contributed by atoms with Crippen molar-refractivity contribution in [1.29, 1.82) is 0 Å². The van der Waals surface area contributed by atoms with Gasteiger partial charge in [0.15, 0.2) is 11.6 Å². The van der Waals surface area contributed by atoms with Gasteiger partial charge in [-0.2, -0.15) is 15.0 Å². The summed E-state index contributed by atoms with van der Waals surface area (Å²) in [4.78, 5) is 27.4. The van der Waals surface area contributed by atoms with Crippen molar-refractivity contribution in [2.75, 3.05) is 51.3 Å². The fraction of sp³-hybridized carbons (Fsp3) is 0.480. The summed E-state index contributed by atoms with van der Waals surface area (Å²) in [6.07, 6.45) is 2.14. The molecule has 206 valence electrons. The Hall–Kier alpha value is -3.75. The van der Waals surface area contributed by atoms with E-state index < -0.39 is 18.0 Å². The number of aromatic nitrogens is 5. The summed E-state index contributed by atoms with van der Waals surface area (Å²) in [6, 6.07) is 7.04. The maximum Gasteiger partial charge on any atom is 0.296 e. The molecule has 0 amide bonds. The molecule has 0 spiro atoms. The van der Waals surface area contributed by atoms with E-state index in [0.717, 1.165) is 25.9 Å². The molecule has 5 heterocycles. The topological polar surface area (TPSA) is 135 Å². The molecule has 3 aliphatic rings. The van der Waals surface area contributed by atoms with Crippen molar-refractivity contribution in [2.45, 2.75) is 31.1 Å². The van der Waals surface area contributed by atoms with Crippen molar-refractivity contribution in [3.05, 3.63) is 47.8 Å². The van der Waals surface area contributed by atoms with E-state index in [0.29, 0.717) is 49.0 Å². The quantitative estimate of drug-likeness (QED) is 0.420. The summed E-state index contributed by atoms with van der Waals surface area (Å²) in [5.41, 5.74) is 7.34. The van der Waals surface area contributed by atoms with Crippen LogP contribution in [0.2, 0.25) is 0 Å². The van der Waals surface area contributed by atoms with Gasteiger partial charge in [-0.05, 0) is 45.1 Å². The number of halogens is 2. The van der Waals surface area contributed by atoms with Gasteiger partial charge in [-0.25, -0.2) is 18.8 Å². The third-order valence-electron chi connectivity index (χ3n) is 7.20. The Labute approximate surface area is 224 Å². The Kier molecular flexibility index (Phi) is 6.83. The summed E-state index contributed by atoms with van der Waals surface area (Å²) < 4.78 is 35.4. The van der Waals surface area contributed by atoms with E-state index in [1.165, 1.54) is 4.57 Å². The zero-order valence-corrected chi connectivity index (χ0v) is 21.6. The van der Waals surface area contributed by atoms with E-state index in [-0.39, 0.29) is 17.8 Å². The van der Waals surface area contributed by atoms with Crippen LogP contribution in [0.25, 0.3) is 17.0 Å². The minimum atomic E-state index is -2.84. The summed E-state index contributed by atoms with van der Waals surface area (Å²) in [6.45, 7) is 3.95. The smallest absolute Gasteiger partial charge is 0.296 e. The van der Waals surface area contributed by atoms with Crippen LogP contribution >= 0.6 is 0 Å². The van der Waals surface area contributed by atoms with E-state index >= 15 is 0 Å². The molecule has 0 saturated carbocycles. The predicted molar refractivity (Wildman–Crippen MR) is 142 cm³/mol. The Balaban J connectivity index is 1.51. The number of aliphatic imine (C=N–C) groups is 1. The fourth-order valence-corrected chi connectivity index (χ4v) is 5.07. The number of likely N-dealkylation sites (tertiary alicyclic amines) is 1. The normalized spacial score (nSPS) is 22.9. The first-order valence-corrected chi connectivity index (χ1v) is 13.0. The number of benzene rings is 1. The fourth-order valence-electron chi connectivity index (χ4n) is 5.07. The minimum Gasteiger partial charge on any atom is -0.396 e. The van der Waals surface area contributed by atoms with Crippen LogP contribution in [0.4, 0.5) is 14.7 Å². The van der Waals surface area contributed by atoms with Crippen molar-refractivity contribution >= 4 is 23.2 Å². The first kappa shape index (κ1) is 25.5. The molecular formula is C25H31F2N11O. The van der Waals surface area contributed by atoms with E-state index in [1.54, 1.807) is 36.7 Å². The Morgan fingerprint density at radius 1 is 1.05 bits per heavy atom. The van der Waals surface area contributed by atoms with Gasteiger partial charge in [0.25, 0.3) is 6.43 Å². The zero-order chi connectivity index (χ0) is 27.0. The number of ether oxygens (including phenoxy) is 1. The second-order valence-electron chi connectivity index (χ2n) is 9.93. The number of hydrogen-bond donors (Lipinski definition) is 3.